The molecule has 0 amide bonds. The first-order valence-electron chi connectivity index (χ1n) is 4.07. The van der Waals surface area contributed by atoms with E-state index < -0.39 is 9.84 Å². The number of sulfone groups is 1. The molecule has 2 rings (SSSR count). The van der Waals surface area contributed by atoms with Gasteiger partial charge in [-0.1, -0.05) is 12.1 Å². The fourth-order valence-corrected chi connectivity index (χ4v) is 3.09. The summed E-state index contributed by atoms with van der Waals surface area (Å²) in [5.41, 5.74) is 1.79. The third-order valence-electron chi connectivity index (χ3n) is 2.21. The SMILES string of the molecule is CC1=CS(=O)(=O)c2cc(C=O)ccc21. The monoisotopic (exact) mass is 208 g/mol. The number of carbonyl (C=O) groups excluding carboxylic acids is 1. The van der Waals surface area contributed by atoms with Gasteiger partial charge in [-0.3, -0.25) is 4.79 Å². The van der Waals surface area contributed by atoms with Crippen LogP contribution in [0.3, 0.4) is 0 Å². The van der Waals surface area contributed by atoms with E-state index in [2.05, 4.69) is 0 Å². The molecule has 0 fully saturated rings. The summed E-state index contributed by atoms with van der Waals surface area (Å²) >= 11 is 0. The maximum absolute atomic E-state index is 11.5. The number of allylic oxidation sites excluding steroid dienone is 1. The van der Waals surface area contributed by atoms with Gasteiger partial charge in [0, 0.05) is 11.0 Å². The fourth-order valence-electron chi connectivity index (χ4n) is 1.53. The van der Waals surface area contributed by atoms with E-state index in [1.807, 2.05) is 0 Å². The van der Waals surface area contributed by atoms with Crippen molar-refractivity contribution in [3.8, 4) is 0 Å². The molecule has 14 heavy (non-hydrogen) atoms. The van der Waals surface area contributed by atoms with E-state index in [4.69, 9.17) is 0 Å². The average Bonchev–Trinajstić information content (AvgIpc) is 2.37. The van der Waals surface area contributed by atoms with E-state index in [0.29, 0.717) is 17.4 Å². The lowest BCUT2D eigenvalue weighted by molar-refractivity contribution is 0.112. The van der Waals surface area contributed by atoms with Gasteiger partial charge in [-0.2, -0.15) is 0 Å². The second-order valence-corrected chi connectivity index (χ2v) is 4.98. The molecule has 1 aliphatic rings. The van der Waals surface area contributed by atoms with E-state index in [1.54, 1.807) is 19.1 Å². The first-order valence-corrected chi connectivity index (χ1v) is 5.62. The topological polar surface area (TPSA) is 51.2 Å². The van der Waals surface area contributed by atoms with E-state index in [9.17, 15) is 13.2 Å². The third-order valence-corrected chi connectivity index (χ3v) is 3.82. The molecule has 1 aromatic carbocycles. The van der Waals surface area contributed by atoms with Crippen molar-refractivity contribution in [1.82, 2.24) is 0 Å². The van der Waals surface area contributed by atoms with Crippen LogP contribution in [-0.4, -0.2) is 14.7 Å². The summed E-state index contributed by atoms with van der Waals surface area (Å²) in [5.74, 6) is 0. The van der Waals surface area contributed by atoms with Crippen LogP contribution in [-0.2, 0) is 9.84 Å². The Morgan fingerprint density at radius 3 is 2.64 bits per heavy atom. The Morgan fingerprint density at radius 1 is 1.29 bits per heavy atom. The number of aldehydes is 1. The van der Waals surface area contributed by atoms with Gasteiger partial charge in [0.15, 0.2) is 0 Å². The fraction of sp³-hybridized carbons (Fsp3) is 0.100. The van der Waals surface area contributed by atoms with Crippen molar-refractivity contribution in [3.05, 3.63) is 34.7 Å². The van der Waals surface area contributed by atoms with Crippen molar-refractivity contribution in [2.24, 2.45) is 0 Å². The maximum atomic E-state index is 11.5. The minimum atomic E-state index is -3.31. The number of benzene rings is 1. The Kier molecular flexibility index (Phi) is 1.82. The highest BCUT2D eigenvalue weighted by atomic mass is 32.2. The zero-order valence-corrected chi connectivity index (χ0v) is 8.34. The third kappa shape index (κ3) is 1.19. The van der Waals surface area contributed by atoms with Crippen LogP contribution in [0.15, 0.2) is 28.5 Å². The Balaban J connectivity index is 2.78. The average molecular weight is 208 g/mol. The van der Waals surface area contributed by atoms with Gasteiger partial charge < -0.3 is 0 Å². The second kappa shape index (κ2) is 2.78. The highest BCUT2D eigenvalue weighted by Crippen LogP contribution is 2.33. The predicted molar refractivity (Wildman–Crippen MR) is 52.7 cm³/mol. The van der Waals surface area contributed by atoms with E-state index >= 15 is 0 Å². The molecule has 1 heterocycles. The van der Waals surface area contributed by atoms with Gasteiger partial charge >= 0.3 is 0 Å². The van der Waals surface area contributed by atoms with Crippen molar-refractivity contribution < 1.29 is 13.2 Å². The molecule has 0 bridgehead atoms. The summed E-state index contributed by atoms with van der Waals surface area (Å²) in [7, 11) is -3.31. The molecule has 1 aromatic rings. The van der Waals surface area contributed by atoms with Crippen LogP contribution in [0.5, 0.6) is 0 Å². The maximum Gasteiger partial charge on any atom is 0.200 e. The van der Waals surface area contributed by atoms with Crippen LogP contribution in [0.2, 0.25) is 0 Å². The first-order chi connectivity index (χ1) is 6.54. The molecule has 0 saturated heterocycles. The van der Waals surface area contributed by atoms with Crippen molar-refractivity contribution >= 4 is 21.7 Å². The summed E-state index contributed by atoms with van der Waals surface area (Å²) in [6.45, 7) is 1.74. The zero-order chi connectivity index (χ0) is 10.3. The largest absolute Gasteiger partial charge is 0.298 e. The Bertz CT molecular complexity index is 538. The van der Waals surface area contributed by atoms with E-state index in [-0.39, 0.29) is 4.90 Å². The van der Waals surface area contributed by atoms with Crippen LogP contribution in [0.4, 0.5) is 0 Å². The minimum absolute atomic E-state index is 0.236. The van der Waals surface area contributed by atoms with Gasteiger partial charge in [-0.15, -0.1) is 0 Å². The number of rotatable bonds is 1. The molecular formula is C10H8O3S. The molecule has 0 atom stereocenters. The van der Waals surface area contributed by atoms with Gasteiger partial charge in [0.25, 0.3) is 0 Å². The number of hydrogen-bond acceptors (Lipinski definition) is 3. The van der Waals surface area contributed by atoms with Crippen molar-refractivity contribution in [2.45, 2.75) is 11.8 Å². The van der Waals surface area contributed by atoms with Crippen LogP contribution in [0, 0.1) is 0 Å². The molecule has 0 unspecified atom stereocenters. The first kappa shape index (κ1) is 9.15. The van der Waals surface area contributed by atoms with Gasteiger partial charge in [0.2, 0.25) is 9.84 Å². The molecule has 0 saturated carbocycles. The summed E-state index contributed by atoms with van der Waals surface area (Å²) in [4.78, 5) is 10.7. The van der Waals surface area contributed by atoms with Gasteiger partial charge in [-0.05, 0) is 24.1 Å². The number of hydrogen-bond donors (Lipinski definition) is 0. The molecule has 0 aliphatic carbocycles. The summed E-state index contributed by atoms with van der Waals surface area (Å²) in [5, 5.41) is 1.23. The highest BCUT2D eigenvalue weighted by molar-refractivity contribution is 7.95. The standard InChI is InChI=1S/C10H8O3S/c1-7-6-14(12,13)10-4-8(5-11)2-3-9(7)10/h2-6H,1H3. The summed E-state index contributed by atoms with van der Waals surface area (Å²) in [6.07, 6.45) is 0.642. The van der Waals surface area contributed by atoms with Crippen LogP contribution >= 0.6 is 0 Å². The molecule has 3 nitrogen and oxygen atoms in total. The molecule has 0 spiro atoms. The normalized spacial score (nSPS) is 17.4. The zero-order valence-electron chi connectivity index (χ0n) is 7.52. The van der Waals surface area contributed by atoms with Crippen LogP contribution < -0.4 is 0 Å². The van der Waals surface area contributed by atoms with E-state index in [1.165, 1.54) is 11.5 Å². The van der Waals surface area contributed by atoms with Crippen LogP contribution in [0.25, 0.3) is 5.57 Å². The molecule has 0 aromatic heterocycles. The number of carbonyl (C=O) groups is 1. The van der Waals surface area contributed by atoms with Crippen molar-refractivity contribution in [3.63, 3.8) is 0 Å². The molecule has 72 valence electrons. The Morgan fingerprint density at radius 2 is 2.00 bits per heavy atom. The smallest absolute Gasteiger partial charge is 0.200 e. The van der Waals surface area contributed by atoms with Gasteiger partial charge in [0.1, 0.15) is 6.29 Å². The predicted octanol–water partition coefficient (Wildman–Crippen LogP) is 1.65. The molecule has 0 N–H and O–H groups in total. The summed E-state index contributed by atoms with van der Waals surface area (Å²) in [6, 6.07) is 4.68. The molecule has 0 radical (unpaired) electrons. The highest BCUT2D eigenvalue weighted by Gasteiger charge is 2.24. The lowest BCUT2D eigenvalue weighted by atomic mass is 10.1. The van der Waals surface area contributed by atoms with Crippen molar-refractivity contribution in [1.29, 1.82) is 0 Å². The van der Waals surface area contributed by atoms with Gasteiger partial charge in [0.05, 0.1) is 4.90 Å². The molecule has 4 heteroatoms. The lowest BCUT2D eigenvalue weighted by Gasteiger charge is -2.00. The van der Waals surface area contributed by atoms with Crippen molar-refractivity contribution in [2.75, 3.05) is 0 Å². The lowest BCUT2D eigenvalue weighted by Crippen LogP contribution is -1.94. The Labute approximate surface area is 82.0 Å². The minimum Gasteiger partial charge on any atom is -0.298 e. The molecule has 1 aliphatic heterocycles. The Hall–Kier alpha value is -1.42. The molecular weight excluding hydrogens is 200 g/mol. The van der Waals surface area contributed by atoms with Gasteiger partial charge in [-0.25, -0.2) is 8.42 Å². The van der Waals surface area contributed by atoms with E-state index in [0.717, 1.165) is 5.57 Å². The quantitative estimate of drug-likeness (QED) is 0.659. The van der Waals surface area contributed by atoms with Crippen LogP contribution in [0.1, 0.15) is 22.8 Å². The number of fused-ring (bicyclic) bond motifs is 1. The summed E-state index contributed by atoms with van der Waals surface area (Å²) < 4.78 is 23.1. The second-order valence-electron chi connectivity index (χ2n) is 3.22.